The average molecular weight is 247 g/mol. The first-order valence-electron chi connectivity index (χ1n) is 6.02. The molecule has 1 aliphatic rings. The molecule has 5 heteroatoms. The number of aromatic nitrogens is 1. The van der Waals surface area contributed by atoms with Crippen molar-refractivity contribution in [1.82, 2.24) is 4.98 Å². The van der Waals surface area contributed by atoms with Gasteiger partial charge in [-0.15, -0.1) is 0 Å². The van der Waals surface area contributed by atoms with Crippen molar-refractivity contribution in [3.8, 4) is 0 Å². The Morgan fingerprint density at radius 1 is 1.33 bits per heavy atom. The fourth-order valence-electron chi connectivity index (χ4n) is 1.81. The summed E-state index contributed by atoms with van der Waals surface area (Å²) in [6.07, 6.45) is 3.26. The van der Waals surface area contributed by atoms with Crippen LogP contribution in [0.15, 0.2) is 18.3 Å². The van der Waals surface area contributed by atoms with Crippen molar-refractivity contribution in [2.75, 3.05) is 13.2 Å². The highest BCUT2D eigenvalue weighted by Crippen LogP contribution is 2.17. The third kappa shape index (κ3) is 3.13. The summed E-state index contributed by atoms with van der Waals surface area (Å²) in [6, 6.07) is 3.60. The molecule has 0 spiro atoms. The van der Waals surface area contributed by atoms with Crippen molar-refractivity contribution < 1.29 is 9.47 Å². The maximum atomic E-state index is 7.86. The smallest absolute Gasteiger partial charge is 0.239 e. The van der Waals surface area contributed by atoms with Crippen LogP contribution in [0.4, 0.5) is 0 Å². The van der Waals surface area contributed by atoms with Gasteiger partial charge < -0.3 is 9.47 Å². The second-order valence-electron chi connectivity index (χ2n) is 4.40. The number of nitrogens with one attached hydrogen (secondary N) is 2. The molecule has 0 atom stereocenters. The zero-order chi connectivity index (χ0) is 13.0. The highest BCUT2D eigenvalue weighted by Gasteiger charge is 2.21. The average Bonchev–Trinajstić information content (AvgIpc) is 2.40. The van der Waals surface area contributed by atoms with E-state index in [1.54, 1.807) is 12.3 Å². The predicted octanol–water partition coefficient (Wildman–Crippen LogP) is 2.14. The first-order valence-corrected chi connectivity index (χ1v) is 6.02. The van der Waals surface area contributed by atoms with E-state index >= 15 is 0 Å². The van der Waals surface area contributed by atoms with Gasteiger partial charge >= 0.3 is 0 Å². The molecule has 0 radical (unpaired) electrons. The molecule has 0 aromatic carbocycles. The van der Waals surface area contributed by atoms with E-state index in [0.29, 0.717) is 18.9 Å². The number of nitrogens with zero attached hydrogens (tertiary/aromatic N) is 1. The van der Waals surface area contributed by atoms with Crippen LogP contribution in [0.25, 0.3) is 0 Å². The number of hydrogen-bond acceptors (Lipinski definition) is 5. The van der Waals surface area contributed by atoms with Gasteiger partial charge in [-0.3, -0.25) is 15.8 Å². The largest absolute Gasteiger partial charge is 0.423 e. The van der Waals surface area contributed by atoms with Gasteiger partial charge in [0, 0.05) is 25.3 Å². The standard InChI is InChI=1S/C13H17N3O2/c1-9-2-3-11(16-8-9)13(15)18-12(14)10-4-6-17-7-5-10/h2-3,8,10,14-15H,4-7H2,1H3. The Labute approximate surface area is 106 Å². The lowest BCUT2D eigenvalue weighted by Gasteiger charge is -2.22. The number of ether oxygens (including phenoxy) is 2. The van der Waals surface area contributed by atoms with Crippen molar-refractivity contribution in [3.63, 3.8) is 0 Å². The Morgan fingerprint density at radius 2 is 2.06 bits per heavy atom. The van der Waals surface area contributed by atoms with Crippen molar-refractivity contribution in [3.05, 3.63) is 29.6 Å². The van der Waals surface area contributed by atoms with Crippen LogP contribution in [-0.4, -0.2) is 30.0 Å². The van der Waals surface area contributed by atoms with Gasteiger partial charge in [-0.05, 0) is 31.4 Å². The summed E-state index contributed by atoms with van der Waals surface area (Å²) in [6.45, 7) is 3.25. The molecule has 0 bridgehead atoms. The molecular formula is C13H17N3O2. The van der Waals surface area contributed by atoms with E-state index in [1.807, 2.05) is 13.0 Å². The van der Waals surface area contributed by atoms with Gasteiger partial charge in [-0.25, -0.2) is 0 Å². The molecule has 1 aromatic rings. The van der Waals surface area contributed by atoms with Crippen LogP contribution >= 0.6 is 0 Å². The lowest BCUT2D eigenvalue weighted by molar-refractivity contribution is 0.0788. The van der Waals surface area contributed by atoms with Crippen molar-refractivity contribution >= 4 is 11.8 Å². The molecule has 5 nitrogen and oxygen atoms in total. The zero-order valence-corrected chi connectivity index (χ0v) is 10.4. The van der Waals surface area contributed by atoms with E-state index in [4.69, 9.17) is 20.3 Å². The van der Waals surface area contributed by atoms with Crippen LogP contribution in [0.2, 0.25) is 0 Å². The lowest BCUT2D eigenvalue weighted by Crippen LogP contribution is -2.27. The maximum absolute atomic E-state index is 7.86. The molecule has 0 amide bonds. The molecule has 0 aliphatic carbocycles. The quantitative estimate of drug-likeness (QED) is 0.620. The van der Waals surface area contributed by atoms with Crippen molar-refractivity contribution in [1.29, 1.82) is 10.8 Å². The summed E-state index contributed by atoms with van der Waals surface area (Å²) in [7, 11) is 0. The van der Waals surface area contributed by atoms with Crippen LogP contribution in [0, 0.1) is 23.7 Å². The van der Waals surface area contributed by atoms with Crippen LogP contribution in [0.1, 0.15) is 24.1 Å². The summed E-state index contributed by atoms with van der Waals surface area (Å²) < 4.78 is 10.5. The van der Waals surface area contributed by atoms with Gasteiger partial charge in [0.1, 0.15) is 5.69 Å². The third-order valence-electron chi connectivity index (χ3n) is 2.95. The first kappa shape index (κ1) is 12.7. The van der Waals surface area contributed by atoms with Gasteiger partial charge in [0.25, 0.3) is 0 Å². The Balaban J connectivity index is 1.94. The molecule has 2 heterocycles. The van der Waals surface area contributed by atoms with Crippen molar-refractivity contribution in [2.24, 2.45) is 5.92 Å². The molecule has 0 saturated carbocycles. The second-order valence-corrected chi connectivity index (χ2v) is 4.40. The lowest BCUT2D eigenvalue weighted by atomic mass is 10.0. The van der Waals surface area contributed by atoms with Crippen LogP contribution < -0.4 is 0 Å². The molecule has 18 heavy (non-hydrogen) atoms. The summed E-state index contributed by atoms with van der Waals surface area (Å²) in [4.78, 5) is 4.11. The minimum Gasteiger partial charge on any atom is -0.423 e. The van der Waals surface area contributed by atoms with Crippen LogP contribution in [0.5, 0.6) is 0 Å². The molecule has 1 aromatic heterocycles. The molecule has 1 fully saturated rings. The fourth-order valence-corrected chi connectivity index (χ4v) is 1.81. The number of hydrogen-bond donors (Lipinski definition) is 2. The molecule has 1 aliphatic heterocycles. The minimum absolute atomic E-state index is 0.0598. The highest BCUT2D eigenvalue weighted by molar-refractivity contribution is 5.98. The Kier molecular flexibility index (Phi) is 4.04. The fraction of sp³-hybridized carbons (Fsp3) is 0.462. The van der Waals surface area contributed by atoms with Crippen LogP contribution in [-0.2, 0) is 9.47 Å². The minimum atomic E-state index is -0.0634. The summed E-state index contributed by atoms with van der Waals surface area (Å²) in [5.74, 6) is 0.140. The van der Waals surface area contributed by atoms with Gasteiger partial charge in [0.15, 0.2) is 5.90 Å². The number of aryl methyl sites for hydroxylation is 1. The Morgan fingerprint density at radius 3 is 2.67 bits per heavy atom. The normalized spacial score (nSPS) is 16.3. The molecule has 0 unspecified atom stereocenters. The monoisotopic (exact) mass is 247 g/mol. The van der Waals surface area contributed by atoms with E-state index in [9.17, 15) is 0 Å². The highest BCUT2D eigenvalue weighted by atomic mass is 16.5. The summed E-state index contributed by atoms with van der Waals surface area (Å²) in [5, 5.41) is 15.7. The van der Waals surface area contributed by atoms with Gasteiger partial charge in [0.2, 0.25) is 5.90 Å². The van der Waals surface area contributed by atoms with E-state index < -0.39 is 0 Å². The van der Waals surface area contributed by atoms with E-state index in [1.165, 1.54) is 0 Å². The van der Waals surface area contributed by atoms with Crippen molar-refractivity contribution in [2.45, 2.75) is 19.8 Å². The summed E-state index contributed by atoms with van der Waals surface area (Å²) >= 11 is 0. The molecule has 2 rings (SSSR count). The SMILES string of the molecule is Cc1ccc(C(=N)OC(=N)C2CCOCC2)nc1. The van der Waals surface area contributed by atoms with E-state index in [-0.39, 0.29) is 17.7 Å². The maximum Gasteiger partial charge on any atom is 0.239 e. The third-order valence-corrected chi connectivity index (χ3v) is 2.95. The first-order chi connectivity index (χ1) is 8.66. The van der Waals surface area contributed by atoms with Crippen LogP contribution in [0.3, 0.4) is 0 Å². The zero-order valence-electron chi connectivity index (χ0n) is 10.4. The Bertz CT molecular complexity index is 436. The van der Waals surface area contributed by atoms with E-state index in [0.717, 1.165) is 18.4 Å². The Hall–Kier alpha value is -1.75. The number of pyridine rings is 1. The number of rotatable bonds is 2. The molecule has 1 saturated heterocycles. The molecule has 2 N–H and O–H groups in total. The van der Waals surface area contributed by atoms with E-state index in [2.05, 4.69) is 4.98 Å². The van der Waals surface area contributed by atoms with Gasteiger partial charge in [0.05, 0.1) is 0 Å². The summed E-state index contributed by atoms with van der Waals surface area (Å²) in [5.41, 5.74) is 1.49. The molecular weight excluding hydrogens is 230 g/mol. The second kappa shape index (κ2) is 5.73. The predicted molar refractivity (Wildman–Crippen MR) is 68.2 cm³/mol. The van der Waals surface area contributed by atoms with Gasteiger partial charge in [-0.1, -0.05) is 6.07 Å². The van der Waals surface area contributed by atoms with Gasteiger partial charge in [-0.2, -0.15) is 0 Å². The molecule has 96 valence electrons. The topological polar surface area (TPSA) is 79.0 Å².